The fraction of sp³-hybridized carbons (Fsp3) is 0. The summed E-state index contributed by atoms with van der Waals surface area (Å²) in [5.41, 5.74) is 3.52. The predicted molar refractivity (Wildman–Crippen MR) is 149 cm³/mol. The molecule has 0 fully saturated rings. The zero-order chi connectivity index (χ0) is 22.5. The second-order valence-electron chi connectivity index (χ2n) is 8.62. The summed E-state index contributed by atoms with van der Waals surface area (Å²) >= 11 is 1.89. The molecule has 2 heteroatoms. The molecule has 0 atom stereocenters. The van der Waals surface area contributed by atoms with E-state index >= 15 is 0 Å². The first-order valence-electron chi connectivity index (χ1n) is 11.5. The van der Waals surface area contributed by atoms with E-state index in [1.54, 1.807) is 0 Å². The summed E-state index contributed by atoms with van der Waals surface area (Å²) in [5, 5.41) is 7.70. The van der Waals surface area contributed by atoms with Gasteiger partial charge < -0.3 is 4.90 Å². The summed E-state index contributed by atoms with van der Waals surface area (Å²) in [4.78, 5) is 2.40. The molecule has 1 aromatic heterocycles. The molecule has 0 aliphatic heterocycles. The highest BCUT2D eigenvalue weighted by atomic mass is 32.1. The lowest BCUT2D eigenvalue weighted by atomic mass is 10.0. The van der Waals surface area contributed by atoms with Crippen molar-refractivity contribution < 1.29 is 0 Å². The topological polar surface area (TPSA) is 3.24 Å². The number of hydrogen-bond acceptors (Lipinski definition) is 2. The Hall–Kier alpha value is -4.14. The standard InChI is InChI=1S/C32H21NS/c1-2-12-24(13-3-1)33(25-19-18-22-10-4-5-11-23(22)20-25)30-21-29-27-15-8-9-17-31(27)34-32(29)28-16-7-6-14-26(28)30/h1-21H. The molecule has 6 aromatic carbocycles. The molecular formula is C32H21NS. The molecule has 1 nitrogen and oxygen atoms in total. The molecule has 0 radical (unpaired) electrons. The van der Waals surface area contributed by atoms with Crippen LogP contribution >= 0.6 is 11.3 Å². The molecule has 34 heavy (non-hydrogen) atoms. The molecular weight excluding hydrogens is 430 g/mol. The van der Waals surface area contributed by atoms with Crippen LogP contribution in [0.1, 0.15) is 0 Å². The van der Waals surface area contributed by atoms with E-state index in [1.165, 1.54) is 47.4 Å². The second kappa shape index (κ2) is 7.72. The van der Waals surface area contributed by atoms with Gasteiger partial charge in [0.1, 0.15) is 0 Å². The van der Waals surface area contributed by atoms with Crippen molar-refractivity contribution in [3.63, 3.8) is 0 Å². The Labute approximate surface area is 202 Å². The highest BCUT2D eigenvalue weighted by Crippen LogP contribution is 2.46. The second-order valence-corrected chi connectivity index (χ2v) is 9.67. The van der Waals surface area contributed by atoms with Crippen LogP contribution in [-0.4, -0.2) is 0 Å². The molecule has 0 aliphatic rings. The molecule has 0 aliphatic carbocycles. The average Bonchev–Trinajstić information content (AvgIpc) is 3.28. The van der Waals surface area contributed by atoms with Crippen LogP contribution in [-0.2, 0) is 0 Å². The Kier molecular flexibility index (Phi) is 4.39. The van der Waals surface area contributed by atoms with Crippen molar-refractivity contribution in [2.75, 3.05) is 4.90 Å². The molecule has 0 bridgehead atoms. The molecule has 0 saturated heterocycles. The SMILES string of the molecule is c1ccc(N(c2ccc3ccccc3c2)c2cc3c4ccccc4sc3c3ccccc23)cc1. The Morgan fingerprint density at radius 3 is 1.97 bits per heavy atom. The smallest absolute Gasteiger partial charge is 0.0547 e. The van der Waals surface area contributed by atoms with Crippen LogP contribution in [0, 0.1) is 0 Å². The molecule has 7 aromatic rings. The molecule has 0 spiro atoms. The first kappa shape index (κ1) is 19.3. The fourth-order valence-electron chi connectivity index (χ4n) is 5.03. The Morgan fingerprint density at radius 2 is 1.12 bits per heavy atom. The van der Waals surface area contributed by atoms with Gasteiger partial charge >= 0.3 is 0 Å². The van der Waals surface area contributed by atoms with Gasteiger partial charge in [0.15, 0.2) is 0 Å². The normalized spacial score (nSPS) is 11.5. The third kappa shape index (κ3) is 3.00. The number of benzene rings is 6. The molecule has 0 saturated carbocycles. The summed E-state index contributed by atoms with van der Waals surface area (Å²) < 4.78 is 2.68. The van der Waals surface area contributed by atoms with Crippen LogP contribution in [0.25, 0.3) is 41.7 Å². The van der Waals surface area contributed by atoms with Crippen LogP contribution in [0.5, 0.6) is 0 Å². The number of hydrogen-bond donors (Lipinski definition) is 0. The zero-order valence-electron chi connectivity index (χ0n) is 18.5. The van der Waals surface area contributed by atoms with Crippen molar-refractivity contribution in [1.82, 2.24) is 0 Å². The highest BCUT2D eigenvalue weighted by Gasteiger charge is 2.19. The van der Waals surface area contributed by atoms with Crippen molar-refractivity contribution >= 4 is 70.1 Å². The minimum absolute atomic E-state index is 1.15. The van der Waals surface area contributed by atoms with E-state index in [9.17, 15) is 0 Å². The van der Waals surface area contributed by atoms with Gasteiger partial charge in [-0.2, -0.15) is 0 Å². The Morgan fingerprint density at radius 1 is 0.441 bits per heavy atom. The molecule has 0 N–H and O–H groups in total. The maximum atomic E-state index is 2.40. The third-order valence-electron chi connectivity index (χ3n) is 6.61. The van der Waals surface area contributed by atoms with Crippen molar-refractivity contribution in [1.29, 1.82) is 0 Å². The van der Waals surface area contributed by atoms with Gasteiger partial charge in [0.05, 0.1) is 5.69 Å². The maximum Gasteiger partial charge on any atom is 0.0547 e. The average molecular weight is 452 g/mol. The zero-order valence-corrected chi connectivity index (χ0v) is 19.3. The van der Waals surface area contributed by atoms with Crippen molar-refractivity contribution in [2.45, 2.75) is 0 Å². The van der Waals surface area contributed by atoms with Gasteiger partial charge in [0.25, 0.3) is 0 Å². The van der Waals surface area contributed by atoms with Crippen LogP contribution < -0.4 is 4.90 Å². The van der Waals surface area contributed by atoms with E-state index in [-0.39, 0.29) is 0 Å². The number of fused-ring (bicyclic) bond motifs is 6. The first-order chi connectivity index (χ1) is 16.9. The predicted octanol–water partition coefficient (Wildman–Crippen LogP) is 9.83. The van der Waals surface area contributed by atoms with E-state index in [0.29, 0.717) is 0 Å². The fourth-order valence-corrected chi connectivity index (χ4v) is 6.25. The number of para-hydroxylation sites is 1. The number of anilines is 3. The van der Waals surface area contributed by atoms with Crippen LogP contribution in [0.3, 0.4) is 0 Å². The number of thiophene rings is 1. The Balaban J connectivity index is 1.59. The van der Waals surface area contributed by atoms with Gasteiger partial charge in [-0.05, 0) is 47.2 Å². The van der Waals surface area contributed by atoms with E-state index in [4.69, 9.17) is 0 Å². The molecule has 1 heterocycles. The lowest BCUT2D eigenvalue weighted by Gasteiger charge is -2.27. The van der Waals surface area contributed by atoms with E-state index in [2.05, 4.69) is 132 Å². The van der Waals surface area contributed by atoms with Crippen LogP contribution in [0.2, 0.25) is 0 Å². The maximum absolute atomic E-state index is 2.40. The van der Waals surface area contributed by atoms with Gasteiger partial charge in [-0.15, -0.1) is 11.3 Å². The lowest BCUT2D eigenvalue weighted by molar-refractivity contribution is 1.31. The summed E-state index contributed by atoms with van der Waals surface area (Å²) in [6.07, 6.45) is 0. The summed E-state index contributed by atoms with van der Waals surface area (Å²) in [7, 11) is 0. The van der Waals surface area contributed by atoms with Crippen molar-refractivity contribution in [3.8, 4) is 0 Å². The molecule has 0 amide bonds. The monoisotopic (exact) mass is 451 g/mol. The summed E-state index contributed by atoms with van der Waals surface area (Å²) in [6, 6.07) is 46.0. The van der Waals surface area contributed by atoms with Gasteiger partial charge in [0, 0.05) is 42.3 Å². The van der Waals surface area contributed by atoms with Crippen LogP contribution in [0.15, 0.2) is 127 Å². The van der Waals surface area contributed by atoms with Crippen molar-refractivity contribution in [2.24, 2.45) is 0 Å². The van der Waals surface area contributed by atoms with Gasteiger partial charge in [-0.25, -0.2) is 0 Å². The lowest BCUT2D eigenvalue weighted by Crippen LogP contribution is -2.10. The third-order valence-corrected chi connectivity index (χ3v) is 7.83. The van der Waals surface area contributed by atoms with Gasteiger partial charge in [-0.1, -0.05) is 91.0 Å². The van der Waals surface area contributed by atoms with Crippen molar-refractivity contribution in [3.05, 3.63) is 127 Å². The van der Waals surface area contributed by atoms with Gasteiger partial charge in [-0.3, -0.25) is 0 Å². The Bertz CT molecular complexity index is 1810. The summed E-state index contributed by atoms with van der Waals surface area (Å²) in [6.45, 7) is 0. The molecule has 160 valence electrons. The van der Waals surface area contributed by atoms with E-state index in [1.807, 2.05) is 11.3 Å². The van der Waals surface area contributed by atoms with E-state index < -0.39 is 0 Å². The minimum Gasteiger partial charge on any atom is -0.310 e. The minimum atomic E-state index is 1.15. The largest absolute Gasteiger partial charge is 0.310 e. The summed E-state index contributed by atoms with van der Waals surface area (Å²) in [5.74, 6) is 0. The number of rotatable bonds is 3. The molecule has 7 rings (SSSR count). The molecule has 0 unspecified atom stereocenters. The first-order valence-corrected chi connectivity index (χ1v) is 12.4. The quantitative estimate of drug-likeness (QED) is 0.258. The van der Waals surface area contributed by atoms with Gasteiger partial charge in [0.2, 0.25) is 0 Å². The highest BCUT2D eigenvalue weighted by molar-refractivity contribution is 7.26. The van der Waals surface area contributed by atoms with Crippen LogP contribution in [0.4, 0.5) is 17.1 Å². The van der Waals surface area contributed by atoms with E-state index in [0.717, 1.165) is 11.4 Å². The number of nitrogens with zero attached hydrogens (tertiary/aromatic N) is 1.